The van der Waals surface area contributed by atoms with Gasteiger partial charge in [0.1, 0.15) is 0 Å². The molecule has 2 fully saturated rings. The predicted octanol–water partition coefficient (Wildman–Crippen LogP) is 2.20. The fraction of sp³-hybridized carbons (Fsp3) is 1.00. The van der Waals surface area contributed by atoms with Crippen LogP contribution in [0.2, 0.25) is 0 Å². The molecule has 3 heteroatoms. The van der Waals surface area contributed by atoms with E-state index in [1.54, 1.807) is 0 Å². The number of likely N-dealkylation sites (N-methyl/N-ethyl adjacent to an activating group) is 1. The maximum atomic E-state index is 10.3. The van der Waals surface area contributed by atoms with Crippen LogP contribution in [0.15, 0.2) is 0 Å². The molecule has 1 aliphatic heterocycles. The number of likely N-dealkylation sites (tertiary alicyclic amines) is 1. The lowest BCUT2D eigenvalue weighted by Crippen LogP contribution is -2.48. The minimum atomic E-state index is -0.0532. The summed E-state index contributed by atoms with van der Waals surface area (Å²) in [5, 5.41) is 10.3. The zero-order valence-electron chi connectivity index (χ0n) is 13.0. The van der Waals surface area contributed by atoms with E-state index >= 15 is 0 Å². The van der Waals surface area contributed by atoms with Crippen molar-refractivity contribution in [2.24, 2.45) is 11.8 Å². The second kappa shape index (κ2) is 7.05. The lowest BCUT2D eigenvalue weighted by Gasteiger charge is -2.40. The largest absolute Gasteiger partial charge is 0.393 e. The quantitative estimate of drug-likeness (QED) is 0.847. The summed E-state index contributed by atoms with van der Waals surface area (Å²) in [4.78, 5) is 4.96. The summed E-state index contributed by atoms with van der Waals surface area (Å²) in [5.41, 5.74) is 0. The smallest absolute Gasteiger partial charge is 0.0580 e. The van der Waals surface area contributed by atoms with E-state index in [9.17, 15) is 5.11 Å². The van der Waals surface area contributed by atoms with Crippen molar-refractivity contribution in [3.8, 4) is 0 Å². The van der Waals surface area contributed by atoms with Crippen LogP contribution in [0.25, 0.3) is 0 Å². The molecule has 0 amide bonds. The topological polar surface area (TPSA) is 26.7 Å². The molecule has 0 radical (unpaired) electrons. The van der Waals surface area contributed by atoms with Crippen LogP contribution >= 0.6 is 0 Å². The van der Waals surface area contributed by atoms with Crippen molar-refractivity contribution in [2.45, 2.75) is 57.6 Å². The lowest BCUT2D eigenvalue weighted by atomic mass is 9.78. The van der Waals surface area contributed by atoms with E-state index in [4.69, 9.17) is 0 Å². The summed E-state index contributed by atoms with van der Waals surface area (Å²) in [6.45, 7) is 5.82. The predicted molar refractivity (Wildman–Crippen MR) is 80.3 cm³/mol. The van der Waals surface area contributed by atoms with Crippen LogP contribution in [0.5, 0.6) is 0 Å². The van der Waals surface area contributed by atoms with Gasteiger partial charge in [-0.05, 0) is 64.6 Å². The molecular formula is C16H32N2O. The summed E-state index contributed by atoms with van der Waals surface area (Å²) in [5.74, 6) is 1.36. The van der Waals surface area contributed by atoms with Crippen LogP contribution in [0.3, 0.4) is 0 Å². The van der Waals surface area contributed by atoms with Crippen molar-refractivity contribution in [3.05, 3.63) is 0 Å². The molecule has 112 valence electrons. The maximum Gasteiger partial charge on any atom is 0.0580 e. The van der Waals surface area contributed by atoms with Gasteiger partial charge in [0.25, 0.3) is 0 Å². The molecule has 1 N–H and O–H groups in total. The highest BCUT2D eigenvalue weighted by Crippen LogP contribution is 2.32. The summed E-state index contributed by atoms with van der Waals surface area (Å²) in [6.07, 6.45) is 7.35. The number of aliphatic hydroxyl groups excluding tert-OH is 1. The molecule has 2 rings (SSSR count). The van der Waals surface area contributed by atoms with Gasteiger partial charge in [-0.25, -0.2) is 0 Å². The second-order valence-electron chi connectivity index (χ2n) is 6.93. The van der Waals surface area contributed by atoms with Crippen LogP contribution in [0, 0.1) is 11.8 Å². The van der Waals surface area contributed by atoms with Crippen molar-refractivity contribution in [1.29, 1.82) is 0 Å². The molecule has 2 aliphatic rings. The van der Waals surface area contributed by atoms with Gasteiger partial charge in [-0.1, -0.05) is 13.3 Å². The Labute approximate surface area is 119 Å². The van der Waals surface area contributed by atoms with Crippen molar-refractivity contribution in [3.63, 3.8) is 0 Å². The molecule has 0 aromatic rings. The Morgan fingerprint density at radius 3 is 2.68 bits per heavy atom. The molecule has 0 bridgehead atoms. The number of hydrogen-bond acceptors (Lipinski definition) is 3. The molecule has 4 unspecified atom stereocenters. The van der Waals surface area contributed by atoms with Gasteiger partial charge in [0.05, 0.1) is 6.10 Å². The first-order valence-corrected chi connectivity index (χ1v) is 8.17. The zero-order valence-corrected chi connectivity index (χ0v) is 13.0. The summed E-state index contributed by atoms with van der Waals surface area (Å²) < 4.78 is 0. The Bertz CT molecular complexity index is 269. The van der Waals surface area contributed by atoms with E-state index in [1.165, 1.54) is 45.2 Å². The average Bonchev–Trinajstić information content (AvgIpc) is 2.41. The van der Waals surface area contributed by atoms with Gasteiger partial charge in [-0.15, -0.1) is 0 Å². The molecule has 0 spiro atoms. The van der Waals surface area contributed by atoms with E-state index in [0.717, 1.165) is 18.9 Å². The van der Waals surface area contributed by atoms with Gasteiger partial charge < -0.3 is 14.9 Å². The molecule has 4 atom stereocenters. The van der Waals surface area contributed by atoms with Crippen molar-refractivity contribution in [2.75, 3.05) is 33.7 Å². The van der Waals surface area contributed by atoms with E-state index in [1.807, 2.05) is 0 Å². The molecular weight excluding hydrogens is 236 g/mol. The average molecular weight is 268 g/mol. The Balaban J connectivity index is 1.85. The van der Waals surface area contributed by atoms with E-state index in [2.05, 4.69) is 30.8 Å². The molecule has 1 aliphatic carbocycles. The summed E-state index contributed by atoms with van der Waals surface area (Å²) in [6, 6.07) is 0.705. The van der Waals surface area contributed by atoms with Crippen molar-refractivity contribution < 1.29 is 5.11 Å². The third-order valence-electron chi connectivity index (χ3n) is 5.33. The fourth-order valence-electron chi connectivity index (χ4n) is 3.86. The number of aliphatic hydroxyl groups is 1. The first-order valence-electron chi connectivity index (χ1n) is 8.17. The van der Waals surface area contributed by atoms with E-state index in [-0.39, 0.29) is 6.10 Å². The highest BCUT2D eigenvalue weighted by molar-refractivity contribution is 4.85. The van der Waals surface area contributed by atoms with Crippen molar-refractivity contribution >= 4 is 0 Å². The highest BCUT2D eigenvalue weighted by Gasteiger charge is 2.31. The Morgan fingerprint density at radius 1 is 1.21 bits per heavy atom. The molecule has 1 heterocycles. The number of rotatable bonds is 4. The van der Waals surface area contributed by atoms with Gasteiger partial charge in [-0.2, -0.15) is 0 Å². The number of hydrogen-bond donors (Lipinski definition) is 1. The standard InChI is InChI=1S/C16H32N2O/c1-4-13-7-8-16(19)14(10-13)11-18-9-5-6-15(12-18)17(2)3/h13-16,19H,4-12H2,1-3H3. The Morgan fingerprint density at radius 2 is 2.00 bits per heavy atom. The summed E-state index contributed by atoms with van der Waals surface area (Å²) >= 11 is 0. The SMILES string of the molecule is CCC1CCC(O)C(CN2CCCC(N(C)C)C2)C1. The maximum absolute atomic E-state index is 10.3. The third-order valence-corrected chi connectivity index (χ3v) is 5.33. The normalized spacial score (nSPS) is 37.7. The fourth-order valence-corrected chi connectivity index (χ4v) is 3.86. The number of piperidine rings is 1. The molecule has 1 saturated heterocycles. The van der Waals surface area contributed by atoms with Crippen molar-refractivity contribution in [1.82, 2.24) is 9.80 Å². The minimum Gasteiger partial charge on any atom is -0.393 e. The monoisotopic (exact) mass is 268 g/mol. The van der Waals surface area contributed by atoms with Gasteiger partial charge >= 0.3 is 0 Å². The Hall–Kier alpha value is -0.120. The molecule has 0 aromatic heterocycles. The Kier molecular flexibility index (Phi) is 5.67. The molecule has 3 nitrogen and oxygen atoms in total. The van der Waals surface area contributed by atoms with Crippen LogP contribution in [0.1, 0.15) is 45.4 Å². The molecule has 0 aromatic carbocycles. The minimum absolute atomic E-state index is 0.0532. The van der Waals surface area contributed by atoms with E-state index < -0.39 is 0 Å². The summed E-state index contributed by atoms with van der Waals surface area (Å²) in [7, 11) is 4.38. The third kappa shape index (κ3) is 4.17. The number of nitrogens with zero attached hydrogens (tertiary/aromatic N) is 2. The van der Waals surface area contributed by atoms with Crippen LogP contribution in [0.4, 0.5) is 0 Å². The molecule has 1 saturated carbocycles. The first kappa shape index (κ1) is 15.3. The lowest BCUT2D eigenvalue weighted by molar-refractivity contribution is 0.0159. The van der Waals surface area contributed by atoms with Gasteiger partial charge in [-0.3, -0.25) is 0 Å². The van der Waals surface area contributed by atoms with Crippen LogP contribution < -0.4 is 0 Å². The molecule has 19 heavy (non-hydrogen) atoms. The highest BCUT2D eigenvalue weighted by atomic mass is 16.3. The van der Waals surface area contributed by atoms with Gasteiger partial charge in [0, 0.05) is 19.1 Å². The second-order valence-corrected chi connectivity index (χ2v) is 6.93. The van der Waals surface area contributed by atoms with Crippen LogP contribution in [-0.2, 0) is 0 Å². The van der Waals surface area contributed by atoms with E-state index in [0.29, 0.717) is 12.0 Å². The van der Waals surface area contributed by atoms with Gasteiger partial charge in [0.15, 0.2) is 0 Å². The first-order chi connectivity index (χ1) is 9.10. The van der Waals surface area contributed by atoms with Crippen LogP contribution in [-0.4, -0.2) is 60.8 Å². The van der Waals surface area contributed by atoms with Gasteiger partial charge in [0.2, 0.25) is 0 Å². The zero-order chi connectivity index (χ0) is 13.8.